The number of benzene rings is 3. The van der Waals surface area contributed by atoms with Gasteiger partial charge in [-0.3, -0.25) is 0 Å². The Morgan fingerprint density at radius 1 is 1.15 bits per heavy atom. The van der Waals surface area contributed by atoms with E-state index in [2.05, 4.69) is 26.0 Å². The number of rotatable bonds is 8. The van der Waals surface area contributed by atoms with Crippen LogP contribution in [0.1, 0.15) is 35.6 Å². The SMILES string of the molecule is N#C[Se]CCCOc1ccc2c(c1)OC(=O)C(C(=O)N1N=C(c3ccc(F)cc3)CC1c1ccc(Br)cc1)C2. The van der Waals surface area contributed by atoms with Crippen molar-refractivity contribution in [2.45, 2.75) is 30.6 Å². The Morgan fingerprint density at radius 2 is 1.92 bits per heavy atom. The molecule has 0 saturated carbocycles. The number of hydrazone groups is 1. The van der Waals surface area contributed by atoms with Crippen molar-refractivity contribution in [2.24, 2.45) is 11.0 Å². The molecule has 2 unspecified atom stereocenters. The number of nitrogens with zero attached hydrogens (tertiary/aromatic N) is 3. The Balaban J connectivity index is 1.36. The van der Waals surface area contributed by atoms with Gasteiger partial charge in [0.15, 0.2) is 0 Å². The third-order valence-electron chi connectivity index (χ3n) is 6.55. The number of carbonyl (C=O) groups excluding carboxylic acids is 2. The molecular formula is C29H23BrFN3O4Se. The molecule has 0 bridgehead atoms. The number of ether oxygens (including phenoxy) is 2. The van der Waals surface area contributed by atoms with Crippen molar-refractivity contribution in [3.05, 3.63) is 93.7 Å². The van der Waals surface area contributed by atoms with E-state index in [9.17, 15) is 14.0 Å². The number of esters is 1. The summed E-state index contributed by atoms with van der Waals surface area (Å²) < 4.78 is 25.7. The van der Waals surface area contributed by atoms with Gasteiger partial charge in [-0.05, 0) is 35.4 Å². The van der Waals surface area contributed by atoms with E-state index in [0.717, 1.165) is 27.3 Å². The van der Waals surface area contributed by atoms with Crippen LogP contribution < -0.4 is 9.47 Å². The van der Waals surface area contributed by atoms with Crippen LogP contribution in [0.5, 0.6) is 11.5 Å². The number of halogens is 2. The standard InChI is InChI=1S/C29H23BrFN3O4Se/c30-21-7-2-19(3-8-21)26-16-25(18-4-9-22(31)10-5-18)33-34(26)28(35)24-14-20-6-11-23(15-27(20)38-29(24)36)37-12-1-13-39-17-32/h2-11,15,24,26H,1,12-14,16H2. The van der Waals surface area contributed by atoms with E-state index >= 15 is 0 Å². The molecule has 2 heterocycles. The fourth-order valence-electron chi connectivity index (χ4n) is 4.56. The topological polar surface area (TPSA) is 92.0 Å². The molecule has 7 nitrogen and oxygen atoms in total. The van der Waals surface area contributed by atoms with Gasteiger partial charge in [-0.1, -0.05) is 40.2 Å². The second-order valence-corrected chi connectivity index (χ2v) is 11.9. The number of amides is 1. The average molecular weight is 655 g/mol. The molecule has 0 aliphatic carbocycles. The maximum atomic E-state index is 13.8. The van der Waals surface area contributed by atoms with Crippen molar-refractivity contribution in [2.75, 3.05) is 6.61 Å². The van der Waals surface area contributed by atoms with Crippen LogP contribution in [0.25, 0.3) is 0 Å². The molecule has 198 valence electrons. The van der Waals surface area contributed by atoms with Gasteiger partial charge in [0.1, 0.15) is 5.82 Å². The summed E-state index contributed by atoms with van der Waals surface area (Å²) >= 11 is 3.41. The summed E-state index contributed by atoms with van der Waals surface area (Å²) in [6.45, 7) is 0.470. The summed E-state index contributed by atoms with van der Waals surface area (Å²) in [6.07, 6.45) is 1.38. The first-order valence-corrected chi connectivity index (χ1v) is 15.2. The van der Waals surface area contributed by atoms with E-state index in [1.54, 1.807) is 30.3 Å². The predicted octanol–water partition coefficient (Wildman–Crippen LogP) is 5.42. The zero-order chi connectivity index (χ0) is 27.4. The minimum atomic E-state index is -1.05. The number of nitriles is 1. The van der Waals surface area contributed by atoms with Crippen molar-refractivity contribution in [1.82, 2.24) is 5.01 Å². The molecule has 0 radical (unpaired) electrons. The van der Waals surface area contributed by atoms with E-state index in [1.807, 2.05) is 24.3 Å². The predicted molar refractivity (Wildman–Crippen MR) is 147 cm³/mol. The zero-order valence-corrected chi connectivity index (χ0v) is 24.0. The van der Waals surface area contributed by atoms with Crippen molar-refractivity contribution in [1.29, 1.82) is 5.26 Å². The van der Waals surface area contributed by atoms with Gasteiger partial charge < -0.3 is 0 Å². The summed E-state index contributed by atoms with van der Waals surface area (Å²) in [4.78, 5) is 29.0. The quantitative estimate of drug-likeness (QED) is 0.106. The molecule has 5 rings (SSSR count). The molecule has 0 saturated heterocycles. The van der Waals surface area contributed by atoms with E-state index in [-0.39, 0.29) is 27.2 Å². The molecule has 10 heteroatoms. The Kier molecular flexibility index (Phi) is 8.41. The molecule has 2 aliphatic rings. The fraction of sp³-hybridized carbons (Fsp3) is 0.241. The third-order valence-corrected chi connectivity index (χ3v) is 8.38. The average Bonchev–Trinajstić information content (AvgIpc) is 3.38. The first kappa shape index (κ1) is 27.1. The monoisotopic (exact) mass is 655 g/mol. The van der Waals surface area contributed by atoms with E-state index in [4.69, 9.17) is 14.7 Å². The molecule has 2 aliphatic heterocycles. The number of hydrogen-bond donors (Lipinski definition) is 0. The minimum absolute atomic E-state index is 0.0359. The van der Waals surface area contributed by atoms with Gasteiger partial charge in [-0.2, -0.15) is 5.10 Å². The van der Waals surface area contributed by atoms with Crippen molar-refractivity contribution >= 4 is 48.5 Å². The molecule has 39 heavy (non-hydrogen) atoms. The van der Waals surface area contributed by atoms with Crippen molar-refractivity contribution < 1.29 is 23.5 Å². The van der Waals surface area contributed by atoms with Crippen molar-refractivity contribution in [3.8, 4) is 16.5 Å². The van der Waals surface area contributed by atoms with Crippen LogP contribution in [0.4, 0.5) is 4.39 Å². The van der Waals surface area contributed by atoms with Crippen molar-refractivity contribution in [3.63, 3.8) is 0 Å². The molecule has 0 spiro atoms. The van der Waals surface area contributed by atoms with Crippen LogP contribution >= 0.6 is 15.9 Å². The normalized spacial score (nSPS) is 18.1. The third kappa shape index (κ3) is 6.22. The van der Waals surface area contributed by atoms with Gasteiger partial charge in [0.2, 0.25) is 0 Å². The van der Waals surface area contributed by atoms with Gasteiger partial charge in [0.05, 0.1) is 11.8 Å². The van der Waals surface area contributed by atoms with E-state index < -0.39 is 23.8 Å². The molecule has 3 aromatic rings. The van der Waals surface area contributed by atoms with Crippen LogP contribution in [-0.4, -0.2) is 44.2 Å². The summed E-state index contributed by atoms with van der Waals surface area (Å²) in [7, 11) is 0. The van der Waals surface area contributed by atoms with Gasteiger partial charge in [0, 0.05) is 10.9 Å². The molecule has 0 N–H and O–H groups in total. The molecule has 0 fully saturated rings. The molecule has 3 aromatic carbocycles. The van der Waals surface area contributed by atoms with Crippen LogP contribution in [0, 0.1) is 22.0 Å². The van der Waals surface area contributed by atoms with Crippen LogP contribution in [0.2, 0.25) is 5.32 Å². The number of carbonyl (C=O) groups is 2. The molecule has 2 atom stereocenters. The summed E-state index contributed by atoms with van der Waals surface area (Å²) in [5.41, 5.74) is 2.95. The summed E-state index contributed by atoms with van der Waals surface area (Å²) in [5.74, 6) is -1.54. The molecule has 1 amide bonds. The Bertz CT molecular complexity index is 1460. The second kappa shape index (κ2) is 12.1. The Morgan fingerprint density at radius 3 is 2.67 bits per heavy atom. The van der Waals surface area contributed by atoms with Crippen LogP contribution in [0.15, 0.2) is 76.3 Å². The second-order valence-electron chi connectivity index (χ2n) is 9.10. The maximum absolute atomic E-state index is 13.8. The molecular weight excluding hydrogens is 632 g/mol. The first-order valence-electron chi connectivity index (χ1n) is 12.3. The van der Waals surface area contributed by atoms with E-state index in [0.29, 0.717) is 35.8 Å². The van der Waals surface area contributed by atoms with Gasteiger partial charge >= 0.3 is 127 Å². The van der Waals surface area contributed by atoms with E-state index in [1.165, 1.54) is 17.1 Å². The Labute approximate surface area is 239 Å². The zero-order valence-electron chi connectivity index (χ0n) is 20.7. The van der Waals surface area contributed by atoms with Gasteiger partial charge in [-0.15, -0.1) is 0 Å². The molecule has 0 aromatic heterocycles. The number of hydrogen-bond acceptors (Lipinski definition) is 6. The number of fused-ring (bicyclic) bond motifs is 1. The summed E-state index contributed by atoms with van der Waals surface area (Å²) in [5, 5.41) is 15.5. The fourth-order valence-corrected chi connectivity index (χ4v) is 5.57. The summed E-state index contributed by atoms with van der Waals surface area (Å²) in [6, 6.07) is 18.4. The van der Waals surface area contributed by atoms with Gasteiger partial charge in [-0.25, -0.2) is 4.39 Å². The van der Waals surface area contributed by atoms with Gasteiger partial charge in [0.25, 0.3) is 0 Å². The van der Waals surface area contributed by atoms with Crippen LogP contribution in [-0.2, 0) is 16.0 Å². The first-order chi connectivity index (χ1) is 18.9. The Hall–Kier alpha value is -3.51. The van der Waals surface area contributed by atoms with Crippen LogP contribution in [0.3, 0.4) is 0 Å².